The lowest BCUT2D eigenvalue weighted by atomic mass is 10.2. The van der Waals surface area contributed by atoms with E-state index in [1.54, 1.807) is 35.3 Å². The zero-order valence-electron chi connectivity index (χ0n) is 14.3. The van der Waals surface area contributed by atoms with Crippen LogP contribution in [0.2, 0.25) is 0 Å². The van der Waals surface area contributed by atoms with E-state index >= 15 is 0 Å². The molecular formula is C18H15F3N4O3. The number of carbonyl (C=O) groups is 2. The first-order chi connectivity index (χ1) is 13.3. The smallest absolute Gasteiger partial charge is 0.416 e. The molecule has 1 aromatic carbocycles. The van der Waals surface area contributed by atoms with Gasteiger partial charge in [0, 0.05) is 24.6 Å². The van der Waals surface area contributed by atoms with Gasteiger partial charge in [0.25, 0.3) is 0 Å². The van der Waals surface area contributed by atoms with Crippen LogP contribution in [-0.4, -0.2) is 28.1 Å². The van der Waals surface area contributed by atoms with Crippen LogP contribution in [0.25, 0.3) is 0 Å². The Balaban J connectivity index is 1.63. The highest BCUT2D eigenvalue weighted by molar-refractivity contribution is 6.39. The Morgan fingerprint density at radius 1 is 1.14 bits per heavy atom. The number of furan rings is 1. The predicted molar refractivity (Wildman–Crippen MR) is 92.2 cm³/mol. The second-order valence-corrected chi connectivity index (χ2v) is 5.76. The Bertz CT molecular complexity index is 903. The molecule has 0 saturated carbocycles. The van der Waals surface area contributed by atoms with Gasteiger partial charge in [-0.2, -0.15) is 18.3 Å². The van der Waals surface area contributed by atoms with Crippen LogP contribution in [0.1, 0.15) is 17.4 Å². The number of hydrogen-bond donors (Lipinski definition) is 2. The van der Waals surface area contributed by atoms with E-state index < -0.39 is 29.6 Å². The highest BCUT2D eigenvalue weighted by atomic mass is 19.4. The van der Waals surface area contributed by atoms with Crippen LogP contribution < -0.4 is 10.6 Å². The van der Waals surface area contributed by atoms with Crippen molar-refractivity contribution in [3.8, 4) is 0 Å². The van der Waals surface area contributed by atoms with Crippen molar-refractivity contribution < 1.29 is 27.2 Å². The molecule has 0 aliphatic rings. The third-order valence-corrected chi connectivity index (χ3v) is 3.83. The largest absolute Gasteiger partial charge is 0.467 e. The van der Waals surface area contributed by atoms with E-state index in [0.29, 0.717) is 5.76 Å². The van der Waals surface area contributed by atoms with Crippen molar-refractivity contribution in [2.24, 2.45) is 0 Å². The van der Waals surface area contributed by atoms with E-state index in [-0.39, 0.29) is 12.2 Å². The summed E-state index contributed by atoms with van der Waals surface area (Å²) >= 11 is 0. The van der Waals surface area contributed by atoms with Crippen LogP contribution in [-0.2, 0) is 15.8 Å². The van der Waals surface area contributed by atoms with Crippen LogP contribution in [0.15, 0.2) is 65.5 Å². The van der Waals surface area contributed by atoms with E-state index in [9.17, 15) is 22.8 Å². The molecule has 0 fully saturated rings. The number of hydrogen-bond acceptors (Lipinski definition) is 4. The Labute approximate surface area is 157 Å². The SMILES string of the molecule is O=C(NCC(c1ccco1)n1cccn1)C(=O)Nc1cccc(C(F)(F)F)c1. The predicted octanol–water partition coefficient (Wildman–Crippen LogP) is 2.84. The molecular weight excluding hydrogens is 377 g/mol. The lowest BCUT2D eigenvalue weighted by Crippen LogP contribution is -2.39. The molecule has 2 amide bonds. The van der Waals surface area contributed by atoms with Crippen LogP contribution in [0.5, 0.6) is 0 Å². The van der Waals surface area contributed by atoms with Gasteiger partial charge in [-0.05, 0) is 36.4 Å². The molecule has 0 bridgehead atoms. The van der Waals surface area contributed by atoms with Gasteiger partial charge in [-0.1, -0.05) is 6.07 Å². The van der Waals surface area contributed by atoms with E-state index in [0.717, 1.165) is 18.2 Å². The van der Waals surface area contributed by atoms with Gasteiger partial charge in [0.15, 0.2) is 0 Å². The minimum Gasteiger partial charge on any atom is -0.467 e. The standard InChI is InChI=1S/C18H15F3N4O3/c19-18(20,21)12-4-1-5-13(10-12)24-17(27)16(26)22-11-14(15-6-2-9-28-15)25-8-3-7-23-25/h1-10,14H,11H2,(H,22,26)(H,24,27). The molecule has 10 heteroatoms. The van der Waals surface area contributed by atoms with Gasteiger partial charge in [0.05, 0.1) is 11.8 Å². The number of aromatic nitrogens is 2. The lowest BCUT2D eigenvalue weighted by Gasteiger charge is -2.16. The molecule has 0 aliphatic carbocycles. The summed E-state index contributed by atoms with van der Waals surface area (Å²) in [5, 5.41) is 8.67. The Kier molecular flexibility index (Phi) is 5.48. The second-order valence-electron chi connectivity index (χ2n) is 5.76. The van der Waals surface area contributed by atoms with Crippen LogP contribution >= 0.6 is 0 Å². The highest BCUT2D eigenvalue weighted by Gasteiger charge is 2.30. The average Bonchev–Trinajstić information content (AvgIpc) is 3.36. The van der Waals surface area contributed by atoms with Gasteiger partial charge in [-0.25, -0.2) is 0 Å². The first-order valence-electron chi connectivity index (χ1n) is 8.13. The van der Waals surface area contributed by atoms with Crippen molar-refractivity contribution in [3.05, 3.63) is 72.4 Å². The third kappa shape index (κ3) is 4.58. The van der Waals surface area contributed by atoms with E-state index in [1.165, 1.54) is 12.3 Å². The summed E-state index contributed by atoms with van der Waals surface area (Å²) < 4.78 is 45.1. The van der Waals surface area contributed by atoms with Crippen molar-refractivity contribution in [3.63, 3.8) is 0 Å². The molecule has 0 radical (unpaired) electrons. The number of rotatable bonds is 5. The van der Waals surface area contributed by atoms with Gasteiger partial charge in [0.1, 0.15) is 11.8 Å². The summed E-state index contributed by atoms with van der Waals surface area (Å²) in [6, 6.07) is 8.59. The molecule has 3 rings (SSSR count). The quantitative estimate of drug-likeness (QED) is 0.654. The van der Waals surface area contributed by atoms with Gasteiger partial charge in [-0.15, -0.1) is 0 Å². The molecule has 2 N–H and O–H groups in total. The number of nitrogens with zero attached hydrogens (tertiary/aromatic N) is 2. The minimum atomic E-state index is -4.55. The first kappa shape index (κ1) is 19.2. The maximum absolute atomic E-state index is 12.7. The fraction of sp³-hybridized carbons (Fsp3) is 0.167. The number of carbonyl (C=O) groups excluding carboxylic acids is 2. The summed E-state index contributed by atoms with van der Waals surface area (Å²) in [5.41, 5.74) is -1.06. The maximum atomic E-state index is 12.7. The molecule has 0 spiro atoms. The second kappa shape index (κ2) is 7.99. The molecule has 146 valence electrons. The van der Waals surface area contributed by atoms with Gasteiger partial charge in [0.2, 0.25) is 0 Å². The van der Waals surface area contributed by atoms with Crippen molar-refractivity contribution in [2.45, 2.75) is 12.2 Å². The average molecular weight is 392 g/mol. The third-order valence-electron chi connectivity index (χ3n) is 3.83. The highest BCUT2D eigenvalue weighted by Crippen LogP contribution is 2.30. The zero-order chi connectivity index (χ0) is 20.1. The molecule has 3 aromatic rings. The fourth-order valence-electron chi connectivity index (χ4n) is 2.50. The van der Waals surface area contributed by atoms with Crippen molar-refractivity contribution in [1.29, 1.82) is 0 Å². The number of amides is 2. The van der Waals surface area contributed by atoms with Crippen molar-refractivity contribution >= 4 is 17.5 Å². The molecule has 0 saturated heterocycles. The topological polar surface area (TPSA) is 89.2 Å². The molecule has 1 atom stereocenters. The van der Waals surface area contributed by atoms with E-state index in [2.05, 4.69) is 15.7 Å². The van der Waals surface area contributed by atoms with E-state index in [4.69, 9.17) is 4.42 Å². The Morgan fingerprint density at radius 3 is 2.61 bits per heavy atom. The van der Waals surface area contributed by atoms with Gasteiger partial charge < -0.3 is 15.1 Å². The lowest BCUT2D eigenvalue weighted by molar-refractivity contribution is -0.137. The number of benzene rings is 1. The molecule has 7 nitrogen and oxygen atoms in total. The van der Waals surface area contributed by atoms with E-state index in [1.807, 2.05) is 0 Å². The number of halogens is 3. The molecule has 2 heterocycles. The normalized spacial score (nSPS) is 12.4. The summed E-state index contributed by atoms with van der Waals surface area (Å²) in [6.07, 6.45) is 0.136. The van der Waals surface area contributed by atoms with Crippen LogP contribution in [0, 0.1) is 0 Å². The molecule has 0 aliphatic heterocycles. The molecule has 28 heavy (non-hydrogen) atoms. The fourth-order valence-corrected chi connectivity index (χ4v) is 2.50. The Morgan fingerprint density at radius 2 is 1.96 bits per heavy atom. The first-order valence-corrected chi connectivity index (χ1v) is 8.13. The minimum absolute atomic E-state index is 0.00988. The maximum Gasteiger partial charge on any atom is 0.416 e. The Hall–Kier alpha value is -3.56. The number of nitrogens with one attached hydrogen (secondary N) is 2. The monoisotopic (exact) mass is 392 g/mol. The zero-order valence-corrected chi connectivity index (χ0v) is 14.3. The van der Waals surface area contributed by atoms with Crippen molar-refractivity contribution in [2.75, 3.05) is 11.9 Å². The van der Waals surface area contributed by atoms with Crippen LogP contribution in [0.3, 0.4) is 0 Å². The summed E-state index contributed by atoms with van der Waals surface area (Å²) in [7, 11) is 0. The summed E-state index contributed by atoms with van der Waals surface area (Å²) in [5.74, 6) is -1.57. The van der Waals surface area contributed by atoms with Gasteiger partial charge >= 0.3 is 18.0 Å². The molecule has 1 unspecified atom stereocenters. The summed E-state index contributed by atoms with van der Waals surface area (Å²) in [6.45, 7) is -0.00988. The molecule has 2 aromatic heterocycles. The summed E-state index contributed by atoms with van der Waals surface area (Å²) in [4.78, 5) is 24.1. The van der Waals surface area contributed by atoms with Crippen LogP contribution in [0.4, 0.5) is 18.9 Å². The van der Waals surface area contributed by atoms with Gasteiger partial charge in [-0.3, -0.25) is 14.3 Å². The number of anilines is 1. The number of alkyl halides is 3. The van der Waals surface area contributed by atoms with Crippen molar-refractivity contribution in [1.82, 2.24) is 15.1 Å².